The standard InChI is InChI=1S/C7H13.C6H11.C3H7N.C2H6N.Ta/c1-7-5-3-2-4-6-7;1-2-4-6-5-3-1;1-3(2)4;1-3-2;/h2,7H,3-6H2,1H3;1H,2-6H2;3H,1-2H3;1-2H3;/q2*-1;;-1;. The van der Waals surface area contributed by atoms with E-state index in [1.54, 1.807) is 14.1 Å². The first-order chi connectivity index (χ1) is 10.1. The van der Waals surface area contributed by atoms with Crippen molar-refractivity contribution in [2.75, 3.05) is 14.1 Å². The van der Waals surface area contributed by atoms with Crippen LogP contribution in [0.3, 0.4) is 0 Å². The van der Waals surface area contributed by atoms with E-state index < -0.39 is 0 Å². The van der Waals surface area contributed by atoms with Crippen LogP contribution in [0.5, 0.6) is 0 Å². The van der Waals surface area contributed by atoms with Crippen LogP contribution in [0, 0.1) is 18.8 Å². The molecule has 2 fully saturated rings. The molecule has 0 spiro atoms. The predicted octanol–water partition coefficient (Wildman–Crippen LogP) is 6.30. The quantitative estimate of drug-likeness (QED) is 0.409. The van der Waals surface area contributed by atoms with Gasteiger partial charge in [-0.25, -0.2) is 0 Å². The third-order valence-corrected chi connectivity index (χ3v) is 4.93. The maximum absolute atomic E-state index is 4.00. The summed E-state index contributed by atoms with van der Waals surface area (Å²) in [4.78, 5) is 0. The van der Waals surface area contributed by atoms with E-state index in [1.165, 1.54) is 57.8 Å². The fraction of sp³-hybridized carbons (Fsp3) is 0.889. The Balaban J connectivity index is 0. The van der Waals surface area contributed by atoms with Crippen LogP contribution in [0.2, 0.25) is 0 Å². The summed E-state index contributed by atoms with van der Waals surface area (Å²) in [6, 6.07) is 0.559. The molecule has 0 bridgehead atoms. The van der Waals surface area contributed by atoms with Crippen LogP contribution >= 0.6 is 0 Å². The molecule has 0 amide bonds. The molecule has 0 saturated heterocycles. The van der Waals surface area contributed by atoms with Gasteiger partial charge in [0.15, 0.2) is 0 Å². The van der Waals surface area contributed by atoms with E-state index in [1.807, 2.05) is 0 Å². The Morgan fingerprint density at radius 2 is 1.33 bits per heavy atom. The van der Waals surface area contributed by atoms with E-state index in [-0.39, 0.29) is 0 Å². The second-order valence-corrected chi connectivity index (χ2v) is 6.96. The minimum Gasteiger partial charge on any atom is -0.668 e. The Kier molecular flexibility index (Phi) is 23.2. The topological polar surface area (TPSA) is 26.5 Å². The van der Waals surface area contributed by atoms with Gasteiger partial charge in [0.05, 0.1) is 0 Å². The molecule has 0 aromatic carbocycles. The molecule has 2 aliphatic rings. The SMILES string of the molecule is CC(C)[N]=[Ta].CC1CC[CH-]CC1.C[N-]C.[CH-]1CCCCC1. The van der Waals surface area contributed by atoms with Gasteiger partial charge in [0.2, 0.25) is 0 Å². The summed E-state index contributed by atoms with van der Waals surface area (Å²) in [5, 5.41) is 3.50. The predicted molar refractivity (Wildman–Crippen MR) is 92.1 cm³/mol. The fourth-order valence-electron chi connectivity index (χ4n) is 1.99. The molecule has 2 rings (SSSR count). The first kappa shape index (κ1) is 23.8. The zero-order valence-electron chi connectivity index (χ0n) is 15.0. The Morgan fingerprint density at radius 1 is 0.952 bits per heavy atom. The van der Waals surface area contributed by atoms with Gasteiger partial charge in [-0.05, 0) is 5.92 Å². The van der Waals surface area contributed by atoms with Crippen molar-refractivity contribution in [2.45, 2.75) is 84.6 Å². The Bertz CT molecular complexity index is 174. The molecule has 0 aromatic rings. The van der Waals surface area contributed by atoms with Crippen LogP contribution in [0.15, 0.2) is 3.34 Å². The average Bonchev–Trinajstić information content (AvgIpc) is 2.52. The van der Waals surface area contributed by atoms with Crippen molar-refractivity contribution < 1.29 is 20.9 Å². The molecule has 0 aromatic heterocycles. The van der Waals surface area contributed by atoms with Crippen LogP contribution in [0.1, 0.15) is 78.6 Å². The Hall–Kier alpha value is 0.500. The smallest absolute Gasteiger partial charge is 0.0491 e. The summed E-state index contributed by atoms with van der Waals surface area (Å²) >= 11 is 1.16. The first-order valence-corrected chi connectivity index (χ1v) is 9.97. The van der Waals surface area contributed by atoms with Crippen molar-refractivity contribution in [3.63, 3.8) is 0 Å². The number of hydrogen-bond acceptors (Lipinski definition) is 1. The van der Waals surface area contributed by atoms with E-state index in [2.05, 4.69) is 42.3 Å². The minimum atomic E-state index is 0.559. The molecule has 127 valence electrons. The zero-order chi connectivity index (χ0) is 16.3. The second kappa shape index (κ2) is 20.5. The molecule has 0 radical (unpaired) electrons. The van der Waals surface area contributed by atoms with E-state index in [4.69, 9.17) is 0 Å². The van der Waals surface area contributed by atoms with Gasteiger partial charge in [-0.3, -0.25) is 0 Å². The Labute approximate surface area is 147 Å². The van der Waals surface area contributed by atoms with Crippen molar-refractivity contribution in [2.24, 2.45) is 9.26 Å². The van der Waals surface area contributed by atoms with E-state index >= 15 is 0 Å². The zero-order valence-corrected chi connectivity index (χ0v) is 18.2. The molecular weight excluding hydrogens is 425 g/mol. The molecule has 0 N–H and O–H groups in total. The number of hydrogen-bond donors (Lipinski definition) is 0. The van der Waals surface area contributed by atoms with E-state index in [0.29, 0.717) is 6.04 Å². The van der Waals surface area contributed by atoms with Gasteiger partial charge in [-0.2, -0.15) is 39.8 Å². The third kappa shape index (κ3) is 25.8. The maximum atomic E-state index is 4.00. The van der Waals surface area contributed by atoms with Crippen molar-refractivity contribution in [3.05, 3.63) is 18.2 Å². The second-order valence-electron chi connectivity index (χ2n) is 6.13. The number of rotatable bonds is 1. The van der Waals surface area contributed by atoms with Gasteiger partial charge in [-0.1, -0.05) is 39.0 Å². The molecule has 0 atom stereocenters. The molecule has 2 nitrogen and oxygen atoms in total. The summed E-state index contributed by atoms with van der Waals surface area (Å²) in [6.07, 6.45) is 17.5. The summed E-state index contributed by atoms with van der Waals surface area (Å²) in [7, 11) is 3.50. The van der Waals surface area contributed by atoms with Gasteiger partial charge in [0.25, 0.3) is 0 Å². The molecule has 0 heterocycles. The molecule has 0 unspecified atom stereocenters. The molecule has 2 saturated carbocycles. The molecule has 21 heavy (non-hydrogen) atoms. The van der Waals surface area contributed by atoms with Crippen LogP contribution in [0.4, 0.5) is 0 Å². The van der Waals surface area contributed by atoms with E-state index in [0.717, 1.165) is 26.8 Å². The van der Waals surface area contributed by atoms with Crippen molar-refractivity contribution in [3.8, 4) is 0 Å². The average molecular weight is 462 g/mol. The van der Waals surface area contributed by atoms with Gasteiger partial charge in [-0.15, -0.1) is 0 Å². The van der Waals surface area contributed by atoms with E-state index in [9.17, 15) is 0 Å². The van der Waals surface area contributed by atoms with Gasteiger partial charge >= 0.3 is 44.1 Å². The van der Waals surface area contributed by atoms with Crippen molar-refractivity contribution in [1.29, 1.82) is 0 Å². The summed E-state index contributed by atoms with van der Waals surface area (Å²) < 4.78 is 4.00. The Morgan fingerprint density at radius 3 is 1.48 bits per heavy atom. The van der Waals surface area contributed by atoms with Gasteiger partial charge in [0.1, 0.15) is 0 Å². The molecule has 3 heteroatoms. The van der Waals surface area contributed by atoms with Crippen LogP contribution < -0.4 is 0 Å². The van der Waals surface area contributed by atoms with Gasteiger partial charge in [0, 0.05) is 0 Å². The molecule has 2 aliphatic carbocycles. The number of nitrogens with zero attached hydrogens (tertiary/aromatic N) is 2. The molecular formula is C18H37N2Ta-3. The summed E-state index contributed by atoms with van der Waals surface area (Å²) in [5.41, 5.74) is 0. The van der Waals surface area contributed by atoms with Crippen molar-refractivity contribution >= 4 is 0 Å². The van der Waals surface area contributed by atoms with Crippen LogP contribution in [0.25, 0.3) is 5.32 Å². The first-order valence-electron chi connectivity index (χ1n) is 8.53. The largest absolute Gasteiger partial charge is 0.668 e. The van der Waals surface area contributed by atoms with Gasteiger partial charge < -0.3 is 18.2 Å². The summed E-state index contributed by atoms with van der Waals surface area (Å²) in [5.74, 6) is 1.00. The normalized spacial score (nSPS) is 18.1. The van der Waals surface area contributed by atoms with Crippen LogP contribution in [-0.4, -0.2) is 20.1 Å². The van der Waals surface area contributed by atoms with Crippen molar-refractivity contribution in [1.82, 2.24) is 0 Å². The van der Waals surface area contributed by atoms with Crippen LogP contribution in [-0.2, 0) is 20.9 Å². The summed E-state index contributed by atoms with van der Waals surface area (Å²) in [6.45, 7) is 6.51. The maximum Gasteiger partial charge on any atom is -0.0491 e. The monoisotopic (exact) mass is 462 g/mol. The third-order valence-electron chi connectivity index (χ3n) is 3.27. The fourth-order valence-corrected chi connectivity index (χ4v) is 1.99. The molecule has 0 aliphatic heterocycles. The minimum absolute atomic E-state index is 0.559.